The summed E-state index contributed by atoms with van der Waals surface area (Å²) in [6.07, 6.45) is 3.61. The summed E-state index contributed by atoms with van der Waals surface area (Å²) in [4.78, 5) is 4.52. The lowest BCUT2D eigenvalue weighted by molar-refractivity contribution is 0.550. The zero-order valence-corrected chi connectivity index (χ0v) is 12.0. The van der Waals surface area contributed by atoms with E-state index in [-0.39, 0.29) is 6.04 Å². The number of thiazole rings is 1. The first-order chi connectivity index (χ1) is 9.00. The second-order valence-corrected chi connectivity index (χ2v) is 7.19. The molecule has 1 aromatic heterocycles. The van der Waals surface area contributed by atoms with Crippen LogP contribution in [0.25, 0.3) is 0 Å². The maximum Gasteiger partial charge on any atom is 0.175 e. The van der Waals surface area contributed by atoms with E-state index in [0.717, 1.165) is 10.6 Å². The largest absolute Gasteiger partial charge is 0.271 e. The molecule has 0 spiro atoms. The van der Waals surface area contributed by atoms with Crippen LogP contribution in [0.1, 0.15) is 16.6 Å². The summed E-state index contributed by atoms with van der Waals surface area (Å²) in [6.45, 7) is 0. The van der Waals surface area contributed by atoms with Gasteiger partial charge >= 0.3 is 0 Å². The Balaban J connectivity index is 2.20. The summed E-state index contributed by atoms with van der Waals surface area (Å²) >= 11 is 1.57. The van der Waals surface area contributed by atoms with Crippen LogP contribution in [0.3, 0.4) is 0 Å². The SMILES string of the molecule is CS(=O)(=O)c1ccc(C(Cc2nccs2)NN)cc1. The van der Waals surface area contributed by atoms with Gasteiger partial charge in [0.05, 0.1) is 15.9 Å². The summed E-state index contributed by atoms with van der Waals surface area (Å²) in [5.41, 5.74) is 3.67. The molecule has 1 heterocycles. The van der Waals surface area contributed by atoms with Crippen molar-refractivity contribution in [3.8, 4) is 0 Å². The summed E-state index contributed by atoms with van der Waals surface area (Å²) in [6, 6.07) is 6.65. The Morgan fingerprint density at radius 3 is 2.53 bits per heavy atom. The molecule has 0 aliphatic carbocycles. The third-order valence-electron chi connectivity index (χ3n) is 2.77. The monoisotopic (exact) mass is 297 g/mol. The highest BCUT2D eigenvalue weighted by atomic mass is 32.2. The molecule has 7 heteroatoms. The fourth-order valence-electron chi connectivity index (χ4n) is 1.75. The molecule has 1 aromatic carbocycles. The van der Waals surface area contributed by atoms with Crippen molar-refractivity contribution in [3.63, 3.8) is 0 Å². The van der Waals surface area contributed by atoms with Crippen LogP contribution in [0.5, 0.6) is 0 Å². The predicted octanol–water partition coefficient (Wildman–Crippen LogP) is 1.29. The Morgan fingerprint density at radius 2 is 2.05 bits per heavy atom. The molecule has 0 aliphatic rings. The second-order valence-electron chi connectivity index (χ2n) is 4.19. The van der Waals surface area contributed by atoms with Gasteiger partial charge in [0.15, 0.2) is 9.84 Å². The number of hydrazine groups is 1. The molecule has 0 aliphatic heterocycles. The van der Waals surface area contributed by atoms with Crippen LogP contribution in [-0.2, 0) is 16.3 Å². The Hall–Kier alpha value is -1.28. The van der Waals surface area contributed by atoms with Crippen LogP contribution < -0.4 is 11.3 Å². The van der Waals surface area contributed by atoms with Crippen LogP contribution in [0.4, 0.5) is 0 Å². The van der Waals surface area contributed by atoms with E-state index < -0.39 is 9.84 Å². The van der Waals surface area contributed by atoms with Gasteiger partial charge in [-0.25, -0.2) is 13.4 Å². The second kappa shape index (κ2) is 5.79. The van der Waals surface area contributed by atoms with Gasteiger partial charge in [0.25, 0.3) is 0 Å². The molecule has 0 saturated heterocycles. The van der Waals surface area contributed by atoms with E-state index in [0.29, 0.717) is 11.3 Å². The number of sulfone groups is 1. The minimum absolute atomic E-state index is 0.0836. The van der Waals surface area contributed by atoms with Gasteiger partial charge in [-0.1, -0.05) is 12.1 Å². The quantitative estimate of drug-likeness (QED) is 0.642. The molecule has 19 heavy (non-hydrogen) atoms. The van der Waals surface area contributed by atoms with E-state index >= 15 is 0 Å². The van der Waals surface area contributed by atoms with Crippen molar-refractivity contribution in [2.24, 2.45) is 5.84 Å². The van der Waals surface area contributed by atoms with E-state index in [4.69, 9.17) is 5.84 Å². The first kappa shape index (κ1) is 14.1. The molecule has 0 saturated carbocycles. The molecule has 1 unspecified atom stereocenters. The van der Waals surface area contributed by atoms with Crippen molar-refractivity contribution in [1.29, 1.82) is 0 Å². The summed E-state index contributed by atoms with van der Waals surface area (Å²) in [5, 5.41) is 2.89. The Labute approximate surface area is 116 Å². The van der Waals surface area contributed by atoms with E-state index in [1.165, 1.54) is 6.26 Å². The molecule has 0 radical (unpaired) electrons. The Bertz CT molecular complexity index is 622. The lowest BCUT2D eigenvalue weighted by Crippen LogP contribution is -2.29. The minimum Gasteiger partial charge on any atom is -0.271 e. The van der Waals surface area contributed by atoms with Gasteiger partial charge in [0, 0.05) is 24.3 Å². The van der Waals surface area contributed by atoms with Gasteiger partial charge in [0.2, 0.25) is 0 Å². The number of nitrogens with two attached hydrogens (primary N) is 1. The molecule has 3 N–H and O–H groups in total. The highest BCUT2D eigenvalue weighted by molar-refractivity contribution is 7.90. The van der Waals surface area contributed by atoms with Crippen molar-refractivity contribution in [1.82, 2.24) is 10.4 Å². The molecule has 2 rings (SSSR count). The van der Waals surface area contributed by atoms with Crippen molar-refractivity contribution in [2.45, 2.75) is 17.4 Å². The number of hydrogen-bond donors (Lipinski definition) is 2. The third-order valence-corrected chi connectivity index (χ3v) is 4.70. The zero-order chi connectivity index (χ0) is 13.9. The number of nitrogens with zero attached hydrogens (tertiary/aromatic N) is 1. The van der Waals surface area contributed by atoms with Crippen molar-refractivity contribution in [2.75, 3.05) is 6.26 Å². The summed E-state index contributed by atoms with van der Waals surface area (Å²) in [5.74, 6) is 5.55. The van der Waals surface area contributed by atoms with Crippen LogP contribution in [0.15, 0.2) is 40.7 Å². The molecular formula is C12H15N3O2S2. The molecule has 0 bridgehead atoms. The summed E-state index contributed by atoms with van der Waals surface area (Å²) in [7, 11) is -3.16. The Kier molecular flexibility index (Phi) is 4.31. The van der Waals surface area contributed by atoms with Gasteiger partial charge in [-0.15, -0.1) is 11.3 Å². The molecule has 0 fully saturated rings. The molecule has 1 atom stereocenters. The smallest absolute Gasteiger partial charge is 0.175 e. The van der Waals surface area contributed by atoms with Gasteiger partial charge in [-0.05, 0) is 17.7 Å². The van der Waals surface area contributed by atoms with Gasteiger partial charge in [0.1, 0.15) is 0 Å². The molecule has 102 valence electrons. The van der Waals surface area contributed by atoms with E-state index in [2.05, 4.69) is 10.4 Å². The zero-order valence-electron chi connectivity index (χ0n) is 10.4. The Morgan fingerprint density at radius 1 is 1.37 bits per heavy atom. The topological polar surface area (TPSA) is 85.1 Å². The fourth-order valence-corrected chi connectivity index (χ4v) is 3.04. The van der Waals surface area contributed by atoms with Crippen LogP contribution in [0.2, 0.25) is 0 Å². The number of nitrogens with one attached hydrogen (secondary N) is 1. The molecule has 2 aromatic rings. The van der Waals surface area contributed by atoms with Crippen LogP contribution in [-0.4, -0.2) is 19.7 Å². The number of rotatable bonds is 5. The number of benzene rings is 1. The predicted molar refractivity (Wildman–Crippen MR) is 75.4 cm³/mol. The average molecular weight is 297 g/mol. The summed E-state index contributed by atoms with van der Waals surface area (Å²) < 4.78 is 22.8. The van der Waals surface area contributed by atoms with E-state index in [1.807, 2.05) is 5.38 Å². The first-order valence-corrected chi connectivity index (χ1v) is 8.42. The van der Waals surface area contributed by atoms with Crippen molar-refractivity contribution < 1.29 is 8.42 Å². The van der Waals surface area contributed by atoms with Crippen LogP contribution >= 0.6 is 11.3 Å². The molecule has 5 nitrogen and oxygen atoms in total. The standard InChI is InChI=1S/C12H15N3O2S2/c1-19(16,17)10-4-2-9(3-5-10)11(15-13)8-12-14-6-7-18-12/h2-7,11,15H,8,13H2,1H3. The molecular weight excluding hydrogens is 282 g/mol. The van der Waals surface area contributed by atoms with E-state index in [9.17, 15) is 8.42 Å². The van der Waals surface area contributed by atoms with Gasteiger partial charge in [-0.2, -0.15) is 0 Å². The molecule has 0 amide bonds. The highest BCUT2D eigenvalue weighted by Gasteiger charge is 2.13. The normalized spacial score (nSPS) is 13.4. The van der Waals surface area contributed by atoms with Crippen LogP contribution in [0, 0.1) is 0 Å². The fraction of sp³-hybridized carbons (Fsp3) is 0.250. The maximum atomic E-state index is 11.4. The van der Waals surface area contributed by atoms with Gasteiger partial charge < -0.3 is 0 Å². The van der Waals surface area contributed by atoms with Crippen molar-refractivity contribution in [3.05, 3.63) is 46.4 Å². The lowest BCUT2D eigenvalue weighted by Gasteiger charge is -2.15. The first-order valence-electron chi connectivity index (χ1n) is 5.65. The van der Waals surface area contributed by atoms with Crippen molar-refractivity contribution >= 4 is 21.2 Å². The van der Waals surface area contributed by atoms with E-state index in [1.54, 1.807) is 41.8 Å². The maximum absolute atomic E-state index is 11.4. The highest BCUT2D eigenvalue weighted by Crippen LogP contribution is 2.20. The lowest BCUT2D eigenvalue weighted by atomic mass is 10.1. The third kappa shape index (κ3) is 3.60. The average Bonchev–Trinajstić information content (AvgIpc) is 2.88. The number of aromatic nitrogens is 1. The number of hydrogen-bond acceptors (Lipinski definition) is 6. The van der Waals surface area contributed by atoms with Gasteiger partial charge in [-0.3, -0.25) is 11.3 Å². The minimum atomic E-state index is -3.16.